The van der Waals surface area contributed by atoms with Gasteiger partial charge in [-0.1, -0.05) is 6.07 Å². The maximum absolute atomic E-state index is 12.0. The number of amides is 1. The molecule has 1 aromatic carbocycles. The Morgan fingerprint density at radius 1 is 1.36 bits per heavy atom. The zero-order valence-electron chi connectivity index (χ0n) is 12.9. The Bertz CT molecular complexity index is 558. The van der Waals surface area contributed by atoms with E-state index in [9.17, 15) is 4.79 Å². The lowest BCUT2D eigenvalue weighted by molar-refractivity contribution is -0.121. The summed E-state index contributed by atoms with van der Waals surface area (Å²) in [5.41, 5.74) is 3.33. The molecule has 1 N–H and O–H groups in total. The number of thioether (sulfide) groups is 2. The second kappa shape index (κ2) is 7.78. The van der Waals surface area contributed by atoms with Gasteiger partial charge in [-0.25, -0.2) is 5.43 Å². The number of nitrogens with zero attached hydrogens (tertiary/aromatic N) is 1. The number of carbonyl (C=O) groups is 1. The minimum Gasteiger partial charge on any atom is -0.493 e. The molecule has 5 nitrogen and oxygen atoms in total. The van der Waals surface area contributed by atoms with Gasteiger partial charge in [0.15, 0.2) is 11.5 Å². The van der Waals surface area contributed by atoms with E-state index in [4.69, 9.17) is 9.47 Å². The maximum Gasteiger partial charge on any atom is 0.242 e. The molecule has 22 heavy (non-hydrogen) atoms. The highest BCUT2D eigenvalue weighted by atomic mass is 32.2. The van der Waals surface area contributed by atoms with Crippen molar-refractivity contribution in [1.82, 2.24) is 5.43 Å². The molecule has 0 bridgehead atoms. The van der Waals surface area contributed by atoms with Crippen LogP contribution >= 0.6 is 23.5 Å². The Morgan fingerprint density at radius 3 is 2.73 bits per heavy atom. The van der Waals surface area contributed by atoms with Crippen LogP contribution in [-0.4, -0.2) is 41.9 Å². The number of nitrogens with one attached hydrogen (secondary N) is 1. The van der Waals surface area contributed by atoms with Gasteiger partial charge in [0, 0.05) is 17.1 Å². The minimum absolute atomic E-state index is 0.0345. The van der Waals surface area contributed by atoms with Crippen LogP contribution in [0.2, 0.25) is 0 Å². The highest BCUT2D eigenvalue weighted by Gasteiger charge is 2.32. The van der Waals surface area contributed by atoms with Gasteiger partial charge in [-0.05, 0) is 19.1 Å². The molecule has 2 rings (SSSR count). The van der Waals surface area contributed by atoms with Crippen molar-refractivity contribution >= 4 is 35.6 Å². The number of benzene rings is 1. The van der Waals surface area contributed by atoms with Crippen molar-refractivity contribution in [2.24, 2.45) is 5.10 Å². The molecule has 0 radical (unpaired) electrons. The predicted octanol–water partition coefficient (Wildman–Crippen LogP) is 2.74. The average molecular weight is 340 g/mol. The summed E-state index contributed by atoms with van der Waals surface area (Å²) in [7, 11) is 3.15. The second-order valence-electron chi connectivity index (χ2n) is 4.88. The van der Waals surface area contributed by atoms with Gasteiger partial charge in [0.2, 0.25) is 5.91 Å². The van der Waals surface area contributed by atoms with E-state index < -0.39 is 0 Å². The van der Waals surface area contributed by atoms with Crippen molar-refractivity contribution in [3.8, 4) is 11.5 Å². The summed E-state index contributed by atoms with van der Waals surface area (Å²) in [5.74, 6) is 3.33. The Balaban J connectivity index is 1.96. The summed E-state index contributed by atoms with van der Waals surface area (Å²) >= 11 is 3.66. The summed E-state index contributed by atoms with van der Waals surface area (Å²) in [6, 6.07) is 5.50. The first-order chi connectivity index (χ1) is 10.6. The number of para-hydroxylation sites is 1. The third-order valence-electron chi connectivity index (χ3n) is 3.21. The number of rotatable bonds is 6. The third-order valence-corrected chi connectivity index (χ3v) is 6.50. The molecule has 1 aliphatic heterocycles. The molecular formula is C15H20N2O3S2. The fraction of sp³-hybridized carbons (Fsp3) is 0.467. The number of hydrogen-bond donors (Lipinski definition) is 1. The Morgan fingerprint density at radius 2 is 2.09 bits per heavy atom. The van der Waals surface area contributed by atoms with Crippen molar-refractivity contribution in [2.75, 3.05) is 25.7 Å². The first kappa shape index (κ1) is 17.0. The molecule has 0 aliphatic carbocycles. The predicted molar refractivity (Wildman–Crippen MR) is 93.2 cm³/mol. The topological polar surface area (TPSA) is 59.9 Å². The van der Waals surface area contributed by atoms with Gasteiger partial charge in [-0.3, -0.25) is 4.79 Å². The van der Waals surface area contributed by atoms with Crippen LogP contribution in [0.5, 0.6) is 11.5 Å². The van der Waals surface area contributed by atoms with Gasteiger partial charge in [0.05, 0.1) is 30.9 Å². The van der Waals surface area contributed by atoms with Crippen molar-refractivity contribution in [2.45, 2.75) is 17.4 Å². The lowest BCUT2D eigenvalue weighted by Crippen LogP contribution is -2.26. The van der Waals surface area contributed by atoms with E-state index in [-0.39, 0.29) is 9.99 Å². The summed E-state index contributed by atoms with van der Waals surface area (Å²) in [5, 5.41) is 4.02. The summed E-state index contributed by atoms with van der Waals surface area (Å²) in [6.45, 7) is 2.10. The van der Waals surface area contributed by atoms with Crippen molar-refractivity contribution in [3.63, 3.8) is 0 Å². The van der Waals surface area contributed by atoms with Crippen LogP contribution < -0.4 is 14.9 Å². The van der Waals surface area contributed by atoms with Gasteiger partial charge in [-0.15, -0.1) is 23.5 Å². The van der Waals surface area contributed by atoms with E-state index in [1.807, 2.05) is 41.7 Å². The van der Waals surface area contributed by atoms with Crippen LogP contribution in [0.25, 0.3) is 0 Å². The van der Waals surface area contributed by atoms with E-state index in [0.29, 0.717) is 17.9 Å². The lowest BCUT2D eigenvalue weighted by Gasteiger charge is -2.19. The quantitative estimate of drug-likeness (QED) is 0.637. The fourth-order valence-electron chi connectivity index (χ4n) is 2.18. The van der Waals surface area contributed by atoms with E-state index in [1.54, 1.807) is 20.4 Å². The highest BCUT2D eigenvalue weighted by Crippen LogP contribution is 2.45. The van der Waals surface area contributed by atoms with Crippen LogP contribution in [0.15, 0.2) is 23.3 Å². The van der Waals surface area contributed by atoms with Crippen molar-refractivity contribution in [3.05, 3.63) is 23.8 Å². The molecule has 7 heteroatoms. The second-order valence-corrected chi connectivity index (χ2v) is 8.34. The number of ether oxygens (including phenoxy) is 2. The van der Waals surface area contributed by atoms with Crippen molar-refractivity contribution < 1.29 is 14.3 Å². The van der Waals surface area contributed by atoms with Crippen LogP contribution in [0.3, 0.4) is 0 Å². The van der Waals surface area contributed by atoms with Gasteiger partial charge in [0.25, 0.3) is 0 Å². The standard InChI is InChI=1S/C15H20N2O3S2/c1-15(21-7-8-22-15)9-13(18)17-16-10-11-5-4-6-12(19-2)14(11)20-3/h4-6,10H,7-9H2,1-3H3,(H,17,18)/b16-10-. The Kier molecular flexibility index (Phi) is 6.02. The van der Waals surface area contributed by atoms with Gasteiger partial charge >= 0.3 is 0 Å². The summed E-state index contributed by atoms with van der Waals surface area (Å²) in [4.78, 5) is 12.0. The van der Waals surface area contributed by atoms with E-state index in [1.165, 1.54) is 0 Å². The number of hydrazone groups is 1. The normalized spacial score (nSPS) is 16.7. The van der Waals surface area contributed by atoms with E-state index in [2.05, 4.69) is 17.5 Å². The molecule has 1 saturated heterocycles. The van der Waals surface area contributed by atoms with Gasteiger partial charge < -0.3 is 9.47 Å². The molecule has 0 saturated carbocycles. The Hall–Kier alpha value is -1.34. The smallest absolute Gasteiger partial charge is 0.242 e. The number of carbonyl (C=O) groups excluding carboxylic acids is 1. The third kappa shape index (κ3) is 4.33. The summed E-state index contributed by atoms with van der Waals surface area (Å²) < 4.78 is 10.5. The molecule has 1 fully saturated rings. The largest absolute Gasteiger partial charge is 0.493 e. The molecule has 0 spiro atoms. The van der Waals surface area contributed by atoms with Gasteiger partial charge in [0.1, 0.15) is 0 Å². The SMILES string of the molecule is COc1cccc(/C=N\NC(=O)CC2(C)SCCS2)c1OC. The first-order valence-electron chi connectivity index (χ1n) is 6.89. The number of hydrogen-bond acceptors (Lipinski definition) is 6. The van der Waals surface area contributed by atoms with E-state index in [0.717, 1.165) is 17.1 Å². The van der Waals surface area contributed by atoms with Gasteiger partial charge in [-0.2, -0.15) is 5.10 Å². The molecule has 1 heterocycles. The zero-order chi connectivity index (χ0) is 16.0. The van der Waals surface area contributed by atoms with Crippen LogP contribution in [-0.2, 0) is 4.79 Å². The number of methoxy groups -OCH3 is 2. The van der Waals surface area contributed by atoms with Crippen LogP contribution in [0.1, 0.15) is 18.9 Å². The molecule has 0 atom stereocenters. The average Bonchev–Trinajstić information content (AvgIpc) is 2.92. The maximum atomic E-state index is 12.0. The fourth-order valence-corrected chi connectivity index (χ4v) is 5.01. The molecule has 1 amide bonds. The lowest BCUT2D eigenvalue weighted by atomic mass is 10.2. The minimum atomic E-state index is -0.0810. The molecule has 120 valence electrons. The van der Waals surface area contributed by atoms with Crippen molar-refractivity contribution in [1.29, 1.82) is 0 Å². The zero-order valence-corrected chi connectivity index (χ0v) is 14.6. The van der Waals surface area contributed by atoms with Crippen LogP contribution in [0.4, 0.5) is 0 Å². The molecule has 1 aliphatic rings. The summed E-state index contributed by atoms with van der Waals surface area (Å²) in [6.07, 6.45) is 2.02. The highest BCUT2D eigenvalue weighted by molar-refractivity contribution is 8.21. The monoisotopic (exact) mass is 340 g/mol. The molecule has 0 aromatic heterocycles. The van der Waals surface area contributed by atoms with Crippen LogP contribution in [0, 0.1) is 0 Å². The van der Waals surface area contributed by atoms with E-state index >= 15 is 0 Å². The molecule has 0 unspecified atom stereocenters. The molecule has 1 aromatic rings. The first-order valence-corrected chi connectivity index (χ1v) is 8.86. The molecular weight excluding hydrogens is 320 g/mol. The Labute approximate surface area is 139 Å².